The summed E-state index contributed by atoms with van der Waals surface area (Å²) in [7, 11) is 0. The quantitative estimate of drug-likeness (QED) is 0.773. The minimum Gasteiger partial charge on any atom is -0.391 e. The topological polar surface area (TPSA) is 71.2 Å². The van der Waals surface area contributed by atoms with E-state index in [0.717, 1.165) is 22.9 Å². The van der Waals surface area contributed by atoms with E-state index in [2.05, 4.69) is 16.1 Å². The Morgan fingerprint density at radius 1 is 1.26 bits per heavy atom. The molecule has 4 rings (SSSR count). The van der Waals surface area contributed by atoms with Crippen molar-refractivity contribution in [3.63, 3.8) is 0 Å². The van der Waals surface area contributed by atoms with Crippen LogP contribution >= 0.6 is 0 Å². The van der Waals surface area contributed by atoms with Gasteiger partial charge in [0.05, 0.1) is 23.4 Å². The summed E-state index contributed by atoms with van der Waals surface area (Å²) >= 11 is 0. The monoisotopic (exact) mass is 364 g/mol. The van der Waals surface area contributed by atoms with Gasteiger partial charge in [0.2, 0.25) is 0 Å². The van der Waals surface area contributed by atoms with Gasteiger partial charge < -0.3 is 10.0 Å². The van der Waals surface area contributed by atoms with Crippen molar-refractivity contribution >= 4 is 16.8 Å². The molecule has 1 amide bonds. The molecule has 0 aliphatic carbocycles. The van der Waals surface area contributed by atoms with Gasteiger partial charge in [-0.05, 0) is 38.0 Å². The van der Waals surface area contributed by atoms with E-state index in [4.69, 9.17) is 0 Å². The van der Waals surface area contributed by atoms with Gasteiger partial charge in [0.1, 0.15) is 0 Å². The third-order valence-corrected chi connectivity index (χ3v) is 5.29. The normalized spacial score (nSPS) is 19.9. The SMILES string of the molecule is CC(C)n1cc(C(=O)N2C[C@@H](Cc3ccnc4ccccc34)[C@@H](O)C2)cn1. The van der Waals surface area contributed by atoms with E-state index < -0.39 is 6.10 Å². The molecule has 3 aromatic rings. The largest absolute Gasteiger partial charge is 0.391 e. The van der Waals surface area contributed by atoms with Crippen LogP contribution in [0.5, 0.6) is 0 Å². The average Bonchev–Trinajstić information content (AvgIpc) is 3.29. The maximum Gasteiger partial charge on any atom is 0.257 e. The maximum atomic E-state index is 12.8. The third kappa shape index (κ3) is 3.45. The van der Waals surface area contributed by atoms with E-state index in [1.165, 1.54) is 0 Å². The molecule has 0 bridgehead atoms. The van der Waals surface area contributed by atoms with E-state index in [1.54, 1.807) is 22.0 Å². The Hall–Kier alpha value is -2.73. The number of fused-ring (bicyclic) bond motifs is 1. The highest BCUT2D eigenvalue weighted by atomic mass is 16.3. The summed E-state index contributed by atoms with van der Waals surface area (Å²) in [5.41, 5.74) is 2.69. The van der Waals surface area contributed by atoms with Crippen molar-refractivity contribution in [2.75, 3.05) is 13.1 Å². The lowest BCUT2D eigenvalue weighted by molar-refractivity contribution is 0.0764. The van der Waals surface area contributed by atoms with Crippen molar-refractivity contribution in [3.05, 3.63) is 60.0 Å². The summed E-state index contributed by atoms with van der Waals surface area (Å²) in [5, 5.41) is 15.9. The standard InChI is InChI=1S/C21H24N4O2/c1-14(2)25-12-17(10-23-25)21(27)24-11-16(20(26)13-24)9-15-7-8-22-19-6-4-3-5-18(15)19/h3-8,10,12,14,16,20,26H,9,11,13H2,1-2H3/t16-,20+/m1/s1. The minimum absolute atomic E-state index is 0.0138. The average molecular weight is 364 g/mol. The number of benzene rings is 1. The highest BCUT2D eigenvalue weighted by Crippen LogP contribution is 2.26. The number of amides is 1. The molecule has 3 heterocycles. The zero-order valence-electron chi connectivity index (χ0n) is 15.6. The Morgan fingerprint density at radius 2 is 2.07 bits per heavy atom. The van der Waals surface area contributed by atoms with E-state index in [0.29, 0.717) is 18.7 Å². The fraction of sp³-hybridized carbons (Fsp3) is 0.381. The summed E-state index contributed by atoms with van der Waals surface area (Å²) in [6, 6.07) is 10.2. The maximum absolute atomic E-state index is 12.8. The van der Waals surface area contributed by atoms with Crippen LogP contribution in [0.2, 0.25) is 0 Å². The van der Waals surface area contributed by atoms with Crippen molar-refractivity contribution in [2.45, 2.75) is 32.4 Å². The number of hydrogen-bond acceptors (Lipinski definition) is 4. The van der Waals surface area contributed by atoms with Gasteiger partial charge in [-0.3, -0.25) is 14.5 Å². The van der Waals surface area contributed by atoms with Gasteiger partial charge >= 0.3 is 0 Å². The number of pyridine rings is 1. The predicted molar refractivity (Wildman–Crippen MR) is 103 cm³/mol. The lowest BCUT2D eigenvalue weighted by atomic mass is 9.94. The van der Waals surface area contributed by atoms with E-state index >= 15 is 0 Å². The summed E-state index contributed by atoms with van der Waals surface area (Å²) < 4.78 is 1.78. The predicted octanol–water partition coefficient (Wildman–Crippen LogP) is 2.69. The first-order valence-corrected chi connectivity index (χ1v) is 9.37. The van der Waals surface area contributed by atoms with Crippen LogP contribution in [0, 0.1) is 5.92 Å². The lowest BCUT2D eigenvalue weighted by Gasteiger charge is -2.16. The molecule has 27 heavy (non-hydrogen) atoms. The van der Waals surface area contributed by atoms with Crippen LogP contribution in [0.3, 0.4) is 0 Å². The third-order valence-electron chi connectivity index (χ3n) is 5.29. The van der Waals surface area contributed by atoms with Gasteiger partial charge in [-0.1, -0.05) is 18.2 Å². The molecule has 1 aromatic carbocycles. The number of aliphatic hydroxyl groups is 1. The number of likely N-dealkylation sites (tertiary alicyclic amines) is 1. The highest BCUT2D eigenvalue weighted by molar-refractivity contribution is 5.94. The first kappa shape index (κ1) is 17.7. The molecule has 6 heteroatoms. The second kappa shape index (κ2) is 7.12. The molecule has 1 aliphatic heterocycles. The second-order valence-electron chi connectivity index (χ2n) is 7.53. The van der Waals surface area contributed by atoms with Gasteiger partial charge in [0, 0.05) is 42.8 Å². The summed E-state index contributed by atoms with van der Waals surface area (Å²) in [6.07, 6.45) is 5.39. The van der Waals surface area contributed by atoms with Crippen molar-refractivity contribution < 1.29 is 9.90 Å². The van der Waals surface area contributed by atoms with E-state index in [-0.39, 0.29) is 17.9 Å². The Bertz CT molecular complexity index is 960. The summed E-state index contributed by atoms with van der Waals surface area (Å²) in [5.74, 6) is -0.0528. The number of aromatic nitrogens is 3. The molecule has 1 aliphatic rings. The fourth-order valence-electron chi connectivity index (χ4n) is 3.75. The van der Waals surface area contributed by atoms with Gasteiger partial charge in [-0.2, -0.15) is 5.10 Å². The van der Waals surface area contributed by atoms with E-state index in [9.17, 15) is 9.90 Å². The summed E-state index contributed by atoms with van der Waals surface area (Å²) in [4.78, 5) is 18.9. The summed E-state index contributed by atoms with van der Waals surface area (Å²) in [6.45, 7) is 4.95. The Labute approximate surface area is 158 Å². The molecule has 0 radical (unpaired) electrons. The van der Waals surface area contributed by atoms with Crippen LogP contribution in [0.15, 0.2) is 48.9 Å². The molecule has 0 saturated carbocycles. The molecular weight excluding hydrogens is 340 g/mol. The minimum atomic E-state index is -0.527. The molecule has 1 N–H and O–H groups in total. The number of nitrogens with zero attached hydrogens (tertiary/aromatic N) is 4. The fourth-order valence-corrected chi connectivity index (χ4v) is 3.75. The molecule has 2 aromatic heterocycles. The van der Waals surface area contributed by atoms with Crippen LogP contribution in [-0.4, -0.2) is 49.9 Å². The molecular formula is C21H24N4O2. The Balaban J connectivity index is 1.50. The number of para-hydroxylation sites is 1. The number of rotatable bonds is 4. The van der Waals surface area contributed by atoms with Crippen LogP contribution in [0.4, 0.5) is 0 Å². The number of hydrogen-bond donors (Lipinski definition) is 1. The van der Waals surface area contributed by atoms with Crippen molar-refractivity contribution in [1.29, 1.82) is 0 Å². The first-order valence-electron chi connectivity index (χ1n) is 9.37. The Morgan fingerprint density at radius 3 is 2.85 bits per heavy atom. The van der Waals surface area contributed by atoms with E-state index in [1.807, 2.05) is 44.3 Å². The molecule has 1 saturated heterocycles. The highest BCUT2D eigenvalue weighted by Gasteiger charge is 2.35. The molecule has 1 fully saturated rings. The number of aliphatic hydroxyl groups excluding tert-OH is 1. The zero-order valence-corrected chi connectivity index (χ0v) is 15.6. The van der Waals surface area contributed by atoms with Crippen molar-refractivity contribution in [3.8, 4) is 0 Å². The molecule has 6 nitrogen and oxygen atoms in total. The van der Waals surface area contributed by atoms with Crippen LogP contribution in [0.1, 0.15) is 35.8 Å². The lowest BCUT2D eigenvalue weighted by Crippen LogP contribution is -2.29. The van der Waals surface area contributed by atoms with Crippen LogP contribution < -0.4 is 0 Å². The van der Waals surface area contributed by atoms with Crippen molar-refractivity contribution in [1.82, 2.24) is 19.7 Å². The van der Waals surface area contributed by atoms with Gasteiger partial charge in [0.15, 0.2) is 0 Å². The number of carbonyl (C=O) groups excluding carboxylic acids is 1. The van der Waals surface area contributed by atoms with Gasteiger partial charge in [0.25, 0.3) is 5.91 Å². The van der Waals surface area contributed by atoms with Crippen LogP contribution in [0.25, 0.3) is 10.9 Å². The first-order chi connectivity index (χ1) is 13.0. The second-order valence-corrected chi connectivity index (χ2v) is 7.53. The Kier molecular flexibility index (Phi) is 4.66. The van der Waals surface area contributed by atoms with Crippen LogP contribution in [-0.2, 0) is 6.42 Å². The van der Waals surface area contributed by atoms with Gasteiger partial charge in [-0.25, -0.2) is 0 Å². The van der Waals surface area contributed by atoms with Crippen molar-refractivity contribution in [2.24, 2.45) is 5.92 Å². The van der Waals surface area contributed by atoms with Gasteiger partial charge in [-0.15, -0.1) is 0 Å². The molecule has 0 unspecified atom stereocenters. The smallest absolute Gasteiger partial charge is 0.257 e. The molecule has 0 spiro atoms. The molecule has 2 atom stereocenters. The molecule has 140 valence electrons. The number of carbonyl (C=O) groups is 1. The zero-order chi connectivity index (χ0) is 19.0. The number of β-amino-alcohol motifs (C(OH)–C–C–N with tert-alkyl or cyclic N) is 1.